The van der Waals surface area contributed by atoms with E-state index in [0.717, 1.165) is 6.54 Å². The Balaban J connectivity index is 2.32. The molecule has 0 bridgehead atoms. The van der Waals surface area contributed by atoms with Crippen LogP contribution in [0.3, 0.4) is 0 Å². The molecule has 84 valence electrons. The monoisotopic (exact) mass is 200 g/mol. The van der Waals surface area contributed by atoms with E-state index in [-0.39, 0.29) is 6.04 Å². The standard InChI is InChI=1S/C11H24N2O/c1-10-6-4-3-5-7-13(10)8-11(12)9-14-2/h10-11H,3-9,12H2,1-2H3. The molecule has 0 aromatic rings. The third-order valence-electron chi connectivity index (χ3n) is 3.04. The van der Waals surface area contributed by atoms with Gasteiger partial charge in [-0.25, -0.2) is 0 Å². The lowest BCUT2D eigenvalue weighted by Crippen LogP contribution is -2.44. The van der Waals surface area contributed by atoms with Crippen molar-refractivity contribution in [2.45, 2.75) is 44.7 Å². The molecule has 1 aliphatic rings. The fraction of sp³-hybridized carbons (Fsp3) is 1.00. The van der Waals surface area contributed by atoms with Crippen molar-refractivity contribution in [2.75, 3.05) is 26.8 Å². The molecule has 3 nitrogen and oxygen atoms in total. The lowest BCUT2D eigenvalue weighted by atomic mass is 10.1. The quantitative estimate of drug-likeness (QED) is 0.741. The molecule has 0 aromatic heterocycles. The minimum atomic E-state index is 0.167. The second kappa shape index (κ2) is 6.38. The zero-order valence-corrected chi connectivity index (χ0v) is 9.54. The first kappa shape index (κ1) is 12.0. The first-order chi connectivity index (χ1) is 6.74. The minimum absolute atomic E-state index is 0.167. The van der Waals surface area contributed by atoms with E-state index in [2.05, 4.69) is 11.8 Å². The SMILES string of the molecule is COCC(N)CN1CCCCCC1C. The van der Waals surface area contributed by atoms with Crippen molar-refractivity contribution in [3.05, 3.63) is 0 Å². The Morgan fingerprint density at radius 2 is 2.21 bits per heavy atom. The predicted molar refractivity (Wildman–Crippen MR) is 59.4 cm³/mol. The molecule has 2 atom stereocenters. The fourth-order valence-corrected chi connectivity index (χ4v) is 2.17. The van der Waals surface area contributed by atoms with Gasteiger partial charge < -0.3 is 10.5 Å². The molecule has 2 N–H and O–H groups in total. The van der Waals surface area contributed by atoms with Crippen molar-refractivity contribution >= 4 is 0 Å². The maximum atomic E-state index is 5.96. The molecule has 0 aromatic carbocycles. The number of likely N-dealkylation sites (tertiary alicyclic amines) is 1. The van der Waals surface area contributed by atoms with Gasteiger partial charge in [0.05, 0.1) is 6.61 Å². The molecule has 1 fully saturated rings. The summed E-state index contributed by atoms with van der Waals surface area (Å²) in [6, 6.07) is 0.862. The Labute approximate surface area is 87.6 Å². The molecule has 1 saturated heterocycles. The largest absolute Gasteiger partial charge is 0.383 e. The lowest BCUT2D eigenvalue weighted by molar-refractivity contribution is 0.137. The van der Waals surface area contributed by atoms with Crippen molar-refractivity contribution in [3.8, 4) is 0 Å². The average molecular weight is 200 g/mol. The van der Waals surface area contributed by atoms with Crippen molar-refractivity contribution in [2.24, 2.45) is 5.73 Å². The highest BCUT2D eigenvalue weighted by atomic mass is 16.5. The number of hydrogen-bond acceptors (Lipinski definition) is 3. The highest BCUT2D eigenvalue weighted by Gasteiger charge is 2.18. The van der Waals surface area contributed by atoms with Crippen LogP contribution in [0, 0.1) is 0 Å². The van der Waals surface area contributed by atoms with E-state index in [0.29, 0.717) is 12.6 Å². The number of nitrogens with two attached hydrogens (primary N) is 1. The summed E-state index contributed by atoms with van der Waals surface area (Å²) in [5.74, 6) is 0. The maximum absolute atomic E-state index is 5.96. The second-order valence-corrected chi connectivity index (χ2v) is 4.41. The molecule has 14 heavy (non-hydrogen) atoms. The molecule has 3 heteroatoms. The van der Waals surface area contributed by atoms with Gasteiger partial charge in [-0.3, -0.25) is 4.90 Å². The molecule has 1 heterocycles. The fourth-order valence-electron chi connectivity index (χ4n) is 2.17. The first-order valence-electron chi connectivity index (χ1n) is 5.72. The molecule has 0 spiro atoms. The summed E-state index contributed by atoms with van der Waals surface area (Å²) >= 11 is 0. The van der Waals surface area contributed by atoms with Crippen molar-refractivity contribution in [1.29, 1.82) is 0 Å². The van der Waals surface area contributed by atoms with Crippen molar-refractivity contribution in [3.63, 3.8) is 0 Å². The smallest absolute Gasteiger partial charge is 0.0626 e. The number of hydrogen-bond donors (Lipinski definition) is 1. The van der Waals surface area contributed by atoms with Crippen LogP contribution in [0.4, 0.5) is 0 Å². The van der Waals surface area contributed by atoms with Crippen LogP contribution >= 0.6 is 0 Å². The van der Waals surface area contributed by atoms with Gasteiger partial charge >= 0.3 is 0 Å². The third-order valence-corrected chi connectivity index (χ3v) is 3.04. The Morgan fingerprint density at radius 3 is 2.93 bits per heavy atom. The molecule has 0 aliphatic carbocycles. The van der Waals surface area contributed by atoms with Crippen LogP contribution in [-0.2, 0) is 4.74 Å². The Morgan fingerprint density at radius 1 is 1.43 bits per heavy atom. The van der Waals surface area contributed by atoms with Crippen molar-refractivity contribution < 1.29 is 4.74 Å². The van der Waals surface area contributed by atoms with E-state index in [1.54, 1.807) is 7.11 Å². The number of ether oxygens (including phenoxy) is 1. The van der Waals surface area contributed by atoms with Gasteiger partial charge in [0, 0.05) is 25.7 Å². The van der Waals surface area contributed by atoms with E-state index in [1.165, 1.54) is 32.2 Å². The topological polar surface area (TPSA) is 38.5 Å². The van der Waals surface area contributed by atoms with Gasteiger partial charge in [0.1, 0.15) is 0 Å². The van der Waals surface area contributed by atoms with Gasteiger partial charge in [-0.15, -0.1) is 0 Å². The first-order valence-corrected chi connectivity index (χ1v) is 5.72. The molecule has 2 unspecified atom stereocenters. The van der Waals surface area contributed by atoms with Gasteiger partial charge in [-0.2, -0.15) is 0 Å². The van der Waals surface area contributed by atoms with E-state index >= 15 is 0 Å². The van der Waals surface area contributed by atoms with Gasteiger partial charge in [-0.1, -0.05) is 12.8 Å². The van der Waals surface area contributed by atoms with Crippen molar-refractivity contribution in [1.82, 2.24) is 4.90 Å². The molecule has 0 amide bonds. The minimum Gasteiger partial charge on any atom is -0.383 e. The molecular weight excluding hydrogens is 176 g/mol. The van der Waals surface area contributed by atoms with Crippen LogP contribution in [0.2, 0.25) is 0 Å². The Kier molecular flexibility index (Phi) is 5.45. The summed E-state index contributed by atoms with van der Waals surface area (Å²) in [6.07, 6.45) is 5.39. The summed E-state index contributed by atoms with van der Waals surface area (Å²) in [7, 11) is 1.71. The molecule has 0 saturated carbocycles. The van der Waals surface area contributed by atoms with E-state index in [9.17, 15) is 0 Å². The predicted octanol–water partition coefficient (Wildman–Crippen LogP) is 1.22. The maximum Gasteiger partial charge on any atom is 0.0626 e. The number of nitrogens with zero attached hydrogens (tertiary/aromatic N) is 1. The number of methoxy groups -OCH3 is 1. The van der Waals surface area contributed by atoms with Gasteiger partial charge in [0.25, 0.3) is 0 Å². The Hall–Kier alpha value is -0.120. The summed E-state index contributed by atoms with van der Waals surface area (Å²) in [6.45, 7) is 5.17. The molecular formula is C11H24N2O. The lowest BCUT2D eigenvalue weighted by Gasteiger charge is -2.29. The highest BCUT2D eigenvalue weighted by Crippen LogP contribution is 2.16. The van der Waals surface area contributed by atoms with Crippen LogP contribution in [0.25, 0.3) is 0 Å². The van der Waals surface area contributed by atoms with Gasteiger partial charge in [0.15, 0.2) is 0 Å². The van der Waals surface area contributed by atoms with Crippen LogP contribution in [-0.4, -0.2) is 43.8 Å². The summed E-state index contributed by atoms with van der Waals surface area (Å²) in [4.78, 5) is 2.51. The summed E-state index contributed by atoms with van der Waals surface area (Å²) < 4.78 is 5.06. The van der Waals surface area contributed by atoms with Crippen LogP contribution in [0.15, 0.2) is 0 Å². The molecule has 1 rings (SSSR count). The molecule has 1 aliphatic heterocycles. The van der Waals surface area contributed by atoms with E-state index < -0.39 is 0 Å². The van der Waals surface area contributed by atoms with Crippen LogP contribution in [0.1, 0.15) is 32.6 Å². The second-order valence-electron chi connectivity index (χ2n) is 4.41. The van der Waals surface area contributed by atoms with Gasteiger partial charge in [0.2, 0.25) is 0 Å². The zero-order chi connectivity index (χ0) is 10.4. The average Bonchev–Trinajstić information content (AvgIpc) is 2.33. The Bertz CT molecular complexity index is 152. The van der Waals surface area contributed by atoms with E-state index in [4.69, 9.17) is 10.5 Å². The number of rotatable bonds is 4. The summed E-state index contributed by atoms with van der Waals surface area (Å²) in [5.41, 5.74) is 5.96. The highest BCUT2D eigenvalue weighted by molar-refractivity contribution is 4.75. The van der Waals surface area contributed by atoms with Crippen LogP contribution in [0.5, 0.6) is 0 Å². The normalized spacial score (nSPS) is 27.2. The van der Waals surface area contributed by atoms with Crippen LogP contribution < -0.4 is 5.73 Å². The third kappa shape index (κ3) is 3.95. The van der Waals surface area contributed by atoms with Gasteiger partial charge in [-0.05, 0) is 26.3 Å². The molecule has 0 radical (unpaired) electrons. The summed E-state index contributed by atoms with van der Waals surface area (Å²) in [5, 5.41) is 0. The van der Waals surface area contributed by atoms with E-state index in [1.807, 2.05) is 0 Å². The zero-order valence-electron chi connectivity index (χ0n) is 9.54.